The Morgan fingerprint density at radius 1 is 1.64 bits per heavy atom. The molecule has 1 fully saturated rings. The molecule has 5 heteroatoms. The third-order valence-electron chi connectivity index (χ3n) is 2.10. The second-order valence-corrected chi connectivity index (χ2v) is 3.81. The van der Waals surface area contributed by atoms with E-state index in [2.05, 4.69) is 10.2 Å². The van der Waals surface area contributed by atoms with E-state index in [1.54, 1.807) is 12.3 Å². The summed E-state index contributed by atoms with van der Waals surface area (Å²) in [6.45, 7) is 0.689. The molecule has 1 saturated carbocycles. The molecule has 0 atom stereocenters. The van der Waals surface area contributed by atoms with Crippen molar-refractivity contribution in [2.75, 3.05) is 6.61 Å². The maximum atomic E-state index is 5.52. The maximum Gasteiger partial charge on any atom is 0.243 e. The molecule has 0 saturated heterocycles. The Kier molecular flexibility index (Phi) is 2.58. The highest BCUT2D eigenvalue weighted by Gasteiger charge is 2.22. The standard InChI is InChI=1S/C9H11N3OS/c10-8(14)7-3-4-11-12-9(7)13-5-6-1-2-6/h3-4,6H,1-2,5H2,(H2,10,14). The van der Waals surface area contributed by atoms with Gasteiger partial charge in [0, 0.05) is 0 Å². The topological polar surface area (TPSA) is 61.0 Å². The van der Waals surface area contributed by atoms with Crippen LogP contribution in [0.3, 0.4) is 0 Å². The SMILES string of the molecule is NC(=S)c1ccnnc1OCC1CC1. The van der Waals surface area contributed by atoms with Crippen LogP contribution in [0, 0.1) is 5.92 Å². The van der Waals surface area contributed by atoms with Crippen molar-refractivity contribution in [2.45, 2.75) is 12.8 Å². The Morgan fingerprint density at radius 2 is 2.43 bits per heavy atom. The van der Waals surface area contributed by atoms with E-state index in [1.165, 1.54) is 12.8 Å². The van der Waals surface area contributed by atoms with Crippen LogP contribution in [0.25, 0.3) is 0 Å². The van der Waals surface area contributed by atoms with Crippen LogP contribution < -0.4 is 10.5 Å². The van der Waals surface area contributed by atoms with Gasteiger partial charge >= 0.3 is 0 Å². The molecule has 2 rings (SSSR count). The Balaban J connectivity index is 2.09. The number of ether oxygens (including phenoxy) is 1. The highest BCUT2D eigenvalue weighted by molar-refractivity contribution is 7.80. The molecule has 0 unspecified atom stereocenters. The monoisotopic (exact) mass is 209 g/mol. The van der Waals surface area contributed by atoms with Crippen LogP contribution >= 0.6 is 12.2 Å². The maximum absolute atomic E-state index is 5.52. The van der Waals surface area contributed by atoms with E-state index >= 15 is 0 Å². The Morgan fingerprint density at radius 3 is 3.07 bits per heavy atom. The van der Waals surface area contributed by atoms with E-state index in [4.69, 9.17) is 22.7 Å². The van der Waals surface area contributed by atoms with Crippen LogP contribution in [0.1, 0.15) is 18.4 Å². The molecule has 0 amide bonds. The molecule has 0 aromatic carbocycles. The number of rotatable bonds is 4. The van der Waals surface area contributed by atoms with Gasteiger partial charge < -0.3 is 10.5 Å². The lowest BCUT2D eigenvalue weighted by Gasteiger charge is -2.06. The van der Waals surface area contributed by atoms with E-state index in [0.29, 0.717) is 29.0 Å². The molecule has 0 spiro atoms. The minimum atomic E-state index is 0.297. The van der Waals surface area contributed by atoms with Gasteiger partial charge in [0.15, 0.2) is 0 Å². The largest absolute Gasteiger partial charge is 0.476 e. The number of thiocarbonyl (C=S) groups is 1. The smallest absolute Gasteiger partial charge is 0.243 e. The van der Waals surface area contributed by atoms with E-state index in [1.807, 2.05) is 0 Å². The quantitative estimate of drug-likeness (QED) is 0.746. The fourth-order valence-electron chi connectivity index (χ4n) is 1.09. The summed E-state index contributed by atoms with van der Waals surface area (Å²) in [5.41, 5.74) is 6.18. The van der Waals surface area contributed by atoms with Crippen molar-refractivity contribution in [3.8, 4) is 5.88 Å². The van der Waals surface area contributed by atoms with Crippen LogP contribution in [-0.2, 0) is 0 Å². The molecule has 1 aliphatic rings. The predicted molar refractivity (Wildman–Crippen MR) is 56.1 cm³/mol. The molecular formula is C9H11N3OS. The van der Waals surface area contributed by atoms with Gasteiger partial charge in [0.1, 0.15) is 4.99 Å². The first-order valence-electron chi connectivity index (χ1n) is 4.51. The molecule has 0 bridgehead atoms. The van der Waals surface area contributed by atoms with Crippen molar-refractivity contribution in [1.29, 1.82) is 0 Å². The number of nitrogens with zero attached hydrogens (tertiary/aromatic N) is 2. The van der Waals surface area contributed by atoms with E-state index in [9.17, 15) is 0 Å². The second kappa shape index (κ2) is 3.88. The van der Waals surface area contributed by atoms with E-state index in [-0.39, 0.29) is 0 Å². The van der Waals surface area contributed by atoms with Crippen molar-refractivity contribution < 1.29 is 4.74 Å². The van der Waals surface area contributed by atoms with Gasteiger partial charge in [-0.15, -0.1) is 5.10 Å². The van der Waals surface area contributed by atoms with Gasteiger partial charge in [0.25, 0.3) is 0 Å². The van der Waals surface area contributed by atoms with Crippen molar-refractivity contribution in [3.05, 3.63) is 17.8 Å². The summed E-state index contributed by atoms with van der Waals surface area (Å²) in [6.07, 6.45) is 4.03. The highest BCUT2D eigenvalue weighted by atomic mass is 32.1. The van der Waals surface area contributed by atoms with Crippen LogP contribution in [0.2, 0.25) is 0 Å². The minimum Gasteiger partial charge on any atom is -0.476 e. The number of hydrogen-bond donors (Lipinski definition) is 1. The van der Waals surface area contributed by atoms with Gasteiger partial charge in [-0.05, 0) is 24.8 Å². The van der Waals surface area contributed by atoms with Crippen LogP contribution in [0.4, 0.5) is 0 Å². The molecular weight excluding hydrogens is 198 g/mol. The van der Waals surface area contributed by atoms with Crippen molar-refractivity contribution >= 4 is 17.2 Å². The van der Waals surface area contributed by atoms with Gasteiger partial charge in [-0.25, -0.2) is 0 Å². The van der Waals surface area contributed by atoms with Gasteiger partial charge in [0.05, 0.1) is 18.4 Å². The summed E-state index contributed by atoms with van der Waals surface area (Å²) in [5, 5.41) is 7.60. The first kappa shape index (κ1) is 9.33. The number of hydrogen-bond acceptors (Lipinski definition) is 4. The summed E-state index contributed by atoms with van der Waals surface area (Å²) >= 11 is 4.88. The molecule has 1 heterocycles. The zero-order valence-corrected chi connectivity index (χ0v) is 8.46. The molecule has 74 valence electrons. The zero-order chi connectivity index (χ0) is 9.97. The lowest BCUT2D eigenvalue weighted by Crippen LogP contribution is -2.14. The Labute approximate surface area is 87.5 Å². The fraction of sp³-hybridized carbons (Fsp3) is 0.444. The van der Waals surface area contributed by atoms with Crippen LogP contribution in [0.15, 0.2) is 12.3 Å². The molecule has 2 N–H and O–H groups in total. The third-order valence-corrected chi connectivity index (χ3v) is 2.32. The highest BCUT2D eigenvalue weighted by Crippen LogP contribution is 2.29. The normalized spacial score (nSPS) is 15.1. The van der Waals surface area contributed by atoms with Crippen LogP contribution in [0.5, 0.6) is 5.88 Å². The summed E-state index contributed by atoms with van der Waals surface area (Å²) in [5.74, 6) is 1.13. The zero-order valence-electron chi connectivity index (χ0n) is 7.64. The van der Waals surface area contributed by atoms with Crippen molar-refractivity contribution in [3.63, 3.8) is 0 Å². The second-order valence-electron chi connectivity index (χ2n) is 3.37. The average molecular weight is 209 g/mol. The summed E-state index contributed by atoms with van der Waals surface area (Å²) in [6, 6.07) is 1.72. The summed E-state index contributed by atoms with van der Waals surface area (Å²) in [7, 11) is 0. The summed E-state index contributed by atoms with van der Waals surface area (Å²) < 4.78 is 5.48. The van der Waals surface area contributed by atoms with Gasteiger partial charge in [0.2, 0.25) is 5.88 Å². The third kappa shape index (κ3) is 2.17. The Hall–Kier alpha value is -1.23. The van der Waals surface area contributed by atoms with Gasteiger partial charge in [-0.1, -0.05) is 12.2 Å². The lowest BCUT2D eigenvalue weighted by atomic mass is 10.3. The molecule has 0 radical (unpaired) electrons. The first-order valence-corrected chi connectivity index (χ1v) is 4.92. The first-order chi connectivity index (χ1) is 6.77. The average Bonchev–Trinajstić information content (AvgIpc) is 2.98. The number of aromatic nitrogens is 2. The lowest BCUT2D eigenvalue weighted by molar-refractivity contribution is 0.284. The molecule has 4 nitrogen and oxygen atoms in total. The van der Waals surface area contributed by atoms with E-state index < -0.39 is 0 Å². The summed E-state index contributed by atoms with van der Waals surface area (Å²) in [4.78, 5) is 0.297. The van der Waals surface area contributed by atoms with Gasteiger partial charge in [-0.2, -0.15) is 5.10 Å². The Bertz CT molecular complexity index is 352. The number of nitrogens with two attached hydrogens (primary N) is 1. The molecule has 1 aromatic heterocycles. The molecule has 14 heavy (non-hydrogen) atoms. The fourth-order valence-corrected chi connectivity index (χ4v) is 1.25. The van der Waals surface area contributed by atoms with E-state index in [0.717, 1.165) is 0 Å². The van der Waals surface area contributed by atoms with Crippen molar-refractivity contribution in [1.82, 2.24) is 10.2 Å². The molecule has 1 aliphatic carbocycles. The van der Waals surface area contributed by atoms with Crippen molar-refractivity contribution in [2.24, 2.45) is 11.7 Å². The molecule has 1 aromatic rings. The minimum absolute atomic E-state index is 0.297. The molecule has 0 aliphatic heterocycles. The predicted octanol–water partition coefficient (Wildman–Crippen LogP) is 0.900. The van der Waals surface area contributed by atoms with Crippen LogP contribution in [-0.4, -0.2) is 21.8 Å². The van der Waals surface area contributed by atoms with Gasteiger partial charge in [-0.3, -0.25) is 0 Å².